The number of fused-ring (bicyclic) bond motifs is 1. The van der Waals surface area contributed by atoms with Crippen molar-refractivity contribution in [1.82, 2.24) is 4.98 Å². The molecular formula is C19H18ClN3O3. The van der Waals surface area contributed by atoms with E-state index >= 15 is 0 Å². The zero-order valence-electron chi connectivity index (χ0n) is 14.6. The van der Waals surface area contributed by atoms with E-state index in [1.165, 1.54) is 7.11 Å². The first kappa shape index (κ1) is 17.8. The standard InChI is InChI=1S/C19H18ClN3O3/c1-11-9-14(13-5-4-6-17(26-3)18(13)21-11)22-19(24)23-15-10-12(20)7-8-16(15)25-2/h4-10H,1-3H3,(H2,21,22,23,24). The van der Waals surface area contributed by atoms with Crippen LogP contribution in [0.5, 0.6) is 11.5 Å². The van der Waals surface area contributed by atoms with Gasteiger partial charge in [-0.1, -0.05) is 23.7 Å². The fourth-order valence-corrected chi connectivity index (χ4v) is 2.84. The van der Waals surface area contributed by atoms with Gasteiger partial charge in [-0.3, -0.25) is 0 Å². The molecule has 3 aromatic rings. The van der Waals surface area contributed by atoms with Crippen LogP contribution in [0.3, 0.4) is 0 Å². The number of ether oxygens (including phenoxy) is 2. The molecule has 2 amide bonds. The third-order valence-electron chi connectivity index (χ3n) is 3.81. The lowest BCUT2D eigenvalue weighted by atomic mass is 10.1. The molecule has 0 unspecified atom stereocenters. The summed E-state index contributed by atoms with van der Waals surface area (Å²) >= 11 is 6.00. The van der Waals surface area contributed by atoms with E-state index in [9.17, 15) is 4.79 Å². The van der Waals surface area contributed by atoms with E-state index < -0.39 is 6.03 Å². The van der Waals surface area contributed by atoms with Crippen LogP contribution in [-0.2, 0) is 0 Å². The highest BCUT2D eigenvalue weighted by Gasteiger charge is 2.13. The molecule has 134 valence electrons. The number of hydrogen-bond donors (Lipinski definition) is 2. The molecule has 0 bridgehead atoms. The number of nitrogens with zero attached hydrogens (tertiary/aromatic N) is 1. The van der Waals surface area contributed by atoms with E-state index in [-0.39, 0.29) is 0 Å². The van der Waals surface area contributed by atoms with Crippen molar-refractivity contribution in [2.75, 3.05) is 24.9 Å². The van der Waals surface area contributed by atoms with Crippen molar-refractivity contribution in [2.45, 2.75) is 6.92 Å². The van der Waals surface area contributed by atoms with E-state index in [2.05, 4.69) is 15.6 Å². The molecule has 0 saturated heterocycles. The lowest BCUT2D eigenvalue weighted by Crippen LogP contribution is -2.20. The molecule has 0 aliphatic carbocycles. The number of rotatable bonds is 4. The van der Waals surface area contributed by atoms with Crippen LogP contribution < -0.4 is 20.1 Å². The molecule has 0 radical (unpaired) electrons. The molecule has 0 aliphatic heterocycles. The largest absolute Gasteiger partial charge is 0.495 e. The average Bonchev–Trinajstić information content (AvgIpc) is 2.61. The topological polar surface area (TPSA) is 72.5 Å². The number of pyridine rings is 1. The van der Waals surface area contributed by atoms with Gasteiger partial charge in [0.05, 0.1) is 25.6 Å². The number of aryl methyl sites for hydroxylation is 1. The van der Waals surface area contributed by atoms with Gasteiger partial charge in [-0.15, -0.1) is 0 Å². The zero-order chi connectivity index (χ0) is 18.7. The Morgan fingerprint density at radius 3 is 2.46 bits per heavy atom. The maximum atomic E-state index is 12.5. The summed E-state index contributed by atoms with van der Waals surface area (Å²) in [4.78, 5) is 17.0. The van der Waals surface area contributed by atoms with Crippen molar-refractivity contribution >= 4 is 39.9 Å². The average molecular weight is 372 g/mol. The molecule has 0 saturated carbocycles. The van der Waals surface area contributed by atoms with Crippen LogP contribution in [0, 0.1) is 6.92 Å². The van der Waals surface area contributed by atoms with Crippen LogP contribution in [0.25, 0.3) is 10.9 Å². The van der Waals surface area contributed by atoms with Crippen LogP contribution in [-0.4, -0.2) is 25.2 Å². The summed E-state index contributed by atoms with van der Waals surface area (Å²) in [7, 11) is 3.11. The van der Waals surface area contributed by atoms with Crippen LogP contribution in [0.2, 0.25) is 5.02 Å². The molecular weight excluding hydrogens is 354 g/mol. The Labute approximate surface area is 156 Å². The number of para-hydroxylation sites is 1. The fourth-order valence-electron chi connectivity index (χ4n) is 2.67. The number of benzene rings is 2. The number of amides is 2. The third-order valence-corrected chi connectivity index (χ3v) is 4.04. The van der Waals surface area contributed by atoms with E-state index in [1.54, 1.807) is 31.4 Å². The molecule has 26 heavy (non-hydrogen) atoms. The SMILES string of the molecule is COc1ccc(Cl)cc1NC(=O)Nc1cc(C)nc2c(OC)cccc12. The smallest absolute Gasteiger partial charge is 0.323 e. The van der Waals surface area contributed by atoms with Crippen molar-refractivity contribution in [3.63, 3.8) is 0 Å². The van der Waals surface area contributed by atoms with Crippen molar-refractivity contribution in [2.24, 2.45) is 0 Å². The summed E-state index contributed by atoms with van der Waals surface area (Å²) in [6, 6.07) is 11.9. The summed E-state index contributed by atoms with van der Waals surface area (Å²) in [5, 5.41) is 6.88. The molecule has 2 N–H and O–H groups in total. The second-order valence-corrected chi connectivity index (χ2v) is 6.03. The number of nitrogens with one attached hydrogen (secondary N) is 2. The first-order valence-corrected chi connectivity index (χ1v) is 8.25. The first-order chi connectivity index (χ1) is 12.5. The van der Waals surface area contributed by atoms with E-state index in [4.69, 9.17) is 21.1 Å². The molecule has 3 rings (SSSR count). The van der Waals surface area contributed by atoms with Gasteiger partial charge >= 0.3 is 6.03 Å². The number of hydrogen-bond acceptors (Lipinski definition) is 4. The number of aromatic nitrogens is 1. The maximum absolute atomic E-state index is 12.5. The van der Waals surface area contributed by atoms with Gasteiger partial charge < -0.3 is 20.1 Å². The predicted molar refractivity (Wildman–Crippen MR) is 104 cm³/mol. The van der Waals surface area contributed by atoms with Crippen molar-refractivity contribution in [1.29, 1.82) is 0 Å². The van der Waals surface area contributed by atoms with Gasteiger partial charge in [0.25, 0.3) is 0 Å². The highest BCUT2D eigenvalue weighted by atomic mass is 35.5. The summed E-state index contributed by atoms with van der Waals surface area (Å²) in [5.41, 5.74) is 2.55. The minimum absolute atomic E-state index is 0.416. The van der Waals surface area contributed by atoms with Crippen molar-refractivity contribution in [3.8, 4) is 11.5 Å². The van der Waals surface area contributed by atoms with Gasteiger partial charge in [0.1, 0.15) is 17.0 Å². The normalized spacial score (nSPS) is 10.5. The first-order valence-electron chi connectivity index (χ1n) is 7.87. The Kier molecular flexibility index (Phi) is 5.14. The number of methoxy groups -OCH3 is 2. The lowest BCUT2D eigenvalue weighted by Gasteiger charge is -2.14. The molecule has 6 nitrogen and oxygen atoms in total. The third kappa shape index (κ3) is 3.65. The number of halogens is 1. The molecule has 0 aliphatic rings. The molecule has 0 atom stereocenters. The van der Waals surface area contributed by atoms with E-state index in [0.29, 0.717) is 33.4 Å². The number of anilines is 2. The van der Waals surface area contributed by atoms with Crippen LogP contribution >= 0.6 is 11.6 Å². The maximum Gasteiger partial charge on any atom is 0.323 e. The number of carbonyl (C=O) groups is 1. The van der Waals surface area contributed by atoms with Crippen LogP contribution in [0.1, 0.15) is 5.69 Å². The van der Waals surface area contributed by atoms with Gasteiger partial charge in [-0.05, 0) is 37.3 Å². The molecule has 0 fully saturated rings. The Morgan fingerprint density at radius 1 is 1.00 bits per heavy atom. The van der Waals surface area contributed by atoms with Crippen molar-refractivity contribution < 1.29 is 14.3 Å². The number of carbonyl (C=O) groups excluding carboxylic acids is 1. The summed E-state index contributed by atoms with van der Waals surface area (Å²) in [5.74, 6) is 1.16. The highest BCUT2D eigenvalue weighted by Crippen LogP contribution is 2.31. The van der Waals surface area contributed by atoms with Crippen LogP contribution in [0.15, 0.2) is 42.5 Å². The fraction of sp³-hybridized carbons (Fsp3) is 0.158. The Hall–Kier alpha value is -2.99. The molecule has 1 aromatic heterocycles. The molecule has 0 spiro atoms. The summed E-state index contributed by atoms with van der Waals surface area (Å²) in [6.07, 6.45) is 0. The highest BCUT2D eigenvalue weighted by molar-refractivity contribution is 6.31. The second kappa shape index (κ2) is 7.49. The molecule has 1 heterocycles. The van der Waals surface area contributed by atoms with Gasteiger partial charge in [-0.25, -0.2) is 9.78 Å². The number of urea groups is 1. The summed E-state index contributed by atoms with van der Waals surface area (Å²) in [6.45, 7) is 1.86. The second-order valence-electron chi connectivity index (χ2n) is 5.59. The molecule has 2 aromatic carbocycles. The Bertz CT molecular complexity index is 976. The Balaban J connectivity index is 1.92. The zero-order valence-corrected chi connectivity index (χ0v) is 15.3. The monoisotopic (exact) mass is 371 g/mol. The van der Waals surface area contributed by atoms with E-state index in [0.717, 1.165) is 11.1 Å². The summed E-state index contributed by atoms with van der Waals surface area (Å²) < 4.78 is 10.6. The minimum Gasteiger partial charge on any atom is -0.495 e. The van der Waals surface area contributed by atoms with Gasteiger partial charge in [0.15, 0.2) is 0 Å². The quantitative estimate of drug-likeness (QED) is 0.687. The van der Waals surface area contributed by atoms with Crippen LogP contribution in [0.4, 0.5) is 16.2 Å². The predicted octanol–water partition coefficient (Wildman–Crippen LogP) is 4.86. The van der Waals surface area contributed by atoms with Crippen molar-refractivity contribution in [3.05, 3.63) is 53.2 Å². The minimum atomic E-state index is -0.416. The van der Waals surface area contributed by atoms with Gasteiger partial charge in [0.2, 0.25) is 0 Å². The molecule has 7 heteroatoms. The lowest BCUT2D eigenvalue weighted by molar-refractivity contribution is 0.262. The van der Waals surface area contributed by atoms with Gasteiger partial charge in [0, 0.05) is 16.1 Å². The van der Waals surface area contributed by atoms with Gasteiger partial charge in [-0.2, -0.15) is 0 Å². The van der Waals surface area contributed by atoms with E-state index in [1.807, 2.05) is 25.1 Å². The Morgan fingerprint density at radius 2 is 1.73 bits per heavy atom.